The second-order valence-corrected chi connectivity index (χ2v) is 4.70. The monoisotopic (exact) mass is 286 g/mol. The summed E-state index contributed by atoms with van der Waals surface area (Å²) in [6.07, 6.45) is 1.08. The Bertz CT molecular complexity index is 628. The van der Waals surface area contributed by atoms with Gasteiger partial charge in [-0.25, -0.2) is 9.78 Å². The Labute approximate surface area is 123 Å². The molecule has 2 rings (SSSR count). The number of benzene rings is 1. The Balaban J connectivity index is 2.14. The van der Waals surface area contributed by atoms with Crippen molar-refractivity contribution in [1.82, 2.24) is 4.98 Å². The fourth-order valence-corrected chi connectivity index (χ4v) is 1.73. The van der Waals surface area contributed by atoms with E-state index in [2.05, 4.69) is 17.2 Å². The Morgan fingerprint density at radius 3 is 2.81 bits per heavy atom. The summed E-state index contributed by atoms with van der Waals surface area (Å²) in [5.41, 5.74) is 0.804. The SMILES string of the molecule is CCC(C)Oc1cccc(Nc2cccc(C(=O)O)n2)c1. The average Bonchev–Trinajstić information content (AvgIpc) is 2.47. The van der Waals surface area contributed by atoms with Crippen molar-refractivity contribution in [3.8, 4) is 5.75 Å². The number of hydrogen-bond donors (Lipinski definition) is 2. The molecule has 110 valence electrons. The Kier molecular flexibility index (Phi) is 4.77. The van der Waals surface area contributed by atoms with Crippen molar-refractivity contribution in [3.63, 3.8) is 0 Å². The van der Waals surface area contributed by atoms with E-state index in [0.29, 0.717) is 5.82 Å². The number of aromatic carboxylic acids is 1. The van der Waals surface area contributed by atoms with Gasteiger partial charge in [-0.1, -0.05) is 19.1 Å². The third kappa shape index (κ3) is 4.21. The number of pyridine rings is 1. The number of ether oxygens (including phenoxy) is 1. The topological polar surface area (TPSA) is 71.5 Å². The van der Waals surface area contributed by atoms with E-state index in [0.717, 1.165) is 17.9 Å². The zero-order valence-electron chi connectivity index (χ0n) is 12.0. The molecule has 0 amide bonds. The predicted molar refractivity (Wildman–Crippen MR) is 81.3 cm³/mol. The van der Waals surface area contributed by atoms with Crippen molar-refractivity contribution >= 4 is 17.5 Å². The van der Waals surface area contributed by atoms with Crippen LogP contribution in [0.25, 0.3) is 0 Å². The summed E-state index contributed by atoms with van der Waals surface area (Å²) in [5.74, 6) is 0.201. The van der Waals surface area contributed by atoms with Gasteiger partial charge in [-0.15, -0.1) is 0 Å². The lowest BCUT2D eigenvalue weighted by Gasteiger charge is -2.14. The van der Waals surface area contributed by atoms with Crippen molar-refractivity contribution in [3.05, 3.63) is 48.2 Å². The van der Waals surface area contributed by atoms with Crippen LogP contribution in [0.3, 0.4) is 0 Å². The molecule has 0 aliphatic carbocycles. The molecule has 0 spiro atoms. The van der Waals surface area contributed by atoms with Gasteiger partial charge in [-0.3, -0.25) is 0 Å². The van der Waals surface area contributed by atoms with Crippen molar-refractivity contribution in [2.75, 3.05) is 5.32 Å². The molecule has 2 N–H and O–H groups in total. The number of anilines is 2. The molecule has 0 fully saturated rings. The number of carboxylic acids is 1. The van der Waals surface area contributed by atoms with Gasteiger partial charge in [0, 0.05) is 11.8 Å². The third-order valence-electron chi connectivity index (χ3n) is 2.99. The van der Waals surface area contributed by atoms with Crippen LogP contribution in [0.2, 0.25) is 0 Å². The van der Waals surface area contributed by atoms with Crippen molar-refractivity contribution in [1.29, 1.82) is 0 Å². The van der Waals surface area contributed by atoms with E-state index in [9.17, 15) is 4.79 Å². The number of nitrogens with one attached hydrogen (secondary N) is 1. The summed E-state index contributed by atoms with van der Waals surface area (Å²) in [7, 11) is 0. The summed E-state index contributed by atoms with van der Waals surface area (Å²) in [6.45, 7) is 4.08. The number of carboxylic acid groups (broad SMARTS) is 1. The highest BCUT2D eigenvalue weighted by atomic mass is 16.5. The first-order valence-corrected chi connectivity index (χ1v) is 6.82. The van der Waals surface area contributed by atoms with Gasteiger partial charge in [0.05, 0.1) is 6.10 Å². The minimum atomic E-state index is -1.05. The summed E-state index contributed by atoms with van der Waals surface area (Å²) < 4.78 is 5.75. The quantitative estimate of drug-likeness (QED) is 0.847. The van der Waals surface area contributed by atoms with Crippen molar-refractivity contribution in [2.24, 2.45) is 0 Å². The van der Waals surface area contributed by atoms with Crippen molar-refractivity contribution in [2.45, 2.75) is 26.4 Å². The van der Waals surface area contributed by atoms with E-state index >= 15 is 0 Å². The van der Waals surface area contributed by atoms with Gasteiger partial charge >= 0.3 is 5.97 Å². The van der Waals surface area contributed by atoms with Crippen LogP contribution >= 0.6 is 0 Å². The molecule has 0 saturated carbocycles. The maximum Gasteiger partial charge on any atom is 0.354 e. The molecule has 1 unspecified atom stereocenters. The fourth-order valence-electron chi connectivity index (χ4n) is 1.73. The number of rotatable bonds is 6. The smallest absolute Gasteiger partial charge is 0.354 e. The van der Waals surface area contributed by atoms with E-state index in [1.54, 1.807) is 12.1 Å². The van der Waals surface area contributed by atoms with Gasteiger partial charge in [0.15, 0.2) is 5.69 Å². The standard InChI is InChI=1S/C16H18N2O3/c1-3-11(2)21-13-7-4-6-12(10-13)17-15-9-5-8-14(18-15)16(19)20/h4-11H,3H2,1-2H3,(H,17,18)(H,19,20). The number of carbonyl (C=O) groups is 1. The summed E-state index contributed by atoms with van der Waals surface area (Å²) in [5, 5.41) is 12.0. The molecular formula is C16H18N2O3. The molecule has 0 radical (unpaired) electrons. The third-order valence-corrected chi connectivity index (χ3v) is 2.99. The predicted octanol–water partition coefficient (Wildman–Crippen LogP) is 3.70. The summed E-state index contributed by atoms with van der Waals surface area (Å²) >= 11 is 0. The molecule has 0 aliphatic heterocycles. The molecule has 1 heterocycles. The van der Waals surface area contributed by atoms with Crippen LogP contribution in [0.5, 0.6) is 5.75 Å². The Morgan fingerprint density at radius 2 is 2.10 bits per heavy atom. The van der Waals surface area contributed by atoms with Crippen LogP contribution in [0.1, 0.15) is 30.8 Å². The minimum absolute atomic E-state index is 0.00649. The van der Waals surface area contributed by atoms with E-state index in [1.807, 2.05) is 31.2 Å². The Hall–Kier alpha value is -2.56. The van der Waals surface area contributed by atoms with E-state index in [-0.39, 0.29) is 11.8 Å². The zero-order valence-corrected chi connectivity index (χ0v) is 12.0. The molecule has 0 aliphatic rings. The van der Waals surface area contributed by atoms with Gasteiger partial charge in [0.2, 0.25) is 0 Å². The molecular weight excluding hydrogens is 268 g/mol. The lowest BCUT2D eigenvalue weighted by molar-refractivity contribution is 0.0690. The van der Waals surface area contributed by atoms with Gasteiger partial charge in [0.25, 0.3) is 0 Å². The molecule has 0 saturated heterocycles. The Morgan fingerprint density at radius 1 is 1.33 bits per heavy atom. The average molecular weight is 286 g/mol. The fraction of sp³-hybridized carbons (Fsp3) is 0.250. The second kappa shape index (κ2) is 6.74. The van der Waals surface area contributed by atoms with E-state index in [4.69, 9.17) is 9.84 Å². The highest BCUT2D eigenvalue weighted by Gasteiger charge is 2.06. The maximum absolute atomic E-state index is 10.9. The largest absolute Gasteiger partial charge is 0.491 e. The molecule has 1 atom stereocenters. The first-order valence-electron chi connectivity index (χ1n) is 6.82. The lowest BCUT2D eigenvalue weighted by atomic mass is 10.2. The highest BCUT2D eigenvalue weighted by molar-refractivity contribution is 5.85. The normalized spacial score (nSPS) is 11.7. The lowest BCUT2D eigenvalue weighted by Crippen LogP contribution is -2.09. The molecule has 1 aromatic carbocycles. The zero-order chi connectivity index (χ0) is 15.2. The number of hydrogen-bond acceptors (Lipinski definition) is 4. The summed E-state index contributed by atoms with van der Waals surface area (Å²) in [6, 6.07) is 12.3. The van der Waals surface area contributed by atoms with E-state index in [1.165, 1.54) is 6.07 Å². The van der Waals surface area contributed by atoms with E-state index < -0.39 is 5.97 Å². The maximum atomic E-state index is 10.9. The number of aromatic nitrogens is 1. The van der Waals surface area contributed by atoms with Gasteiger partial charge in [0.1, 0.15) is 11.6 Å². The van der Waals surface area contributed by atoms with Crippen LogP contribution in [0, 0.1) is 0 Å². The van der Waals surface area contributed by atoms with Crippen LogP contribution in [-0.4, -0.2) is 22.2 Å². The first-order chi connectivity index (χ1) is 10.1. The van der Waals surface area contributed by atoms with Gasteiger partial charge in [-0.2, -0.15) is 0 Å². The van der Waals surface area contributed by atoms with Crippen LogP contribution < -0.4 is 10.1 Å². The van der Waals surface area contributed by atoms with Gasteiger partial charge in [-0.05, 0) is 37.6 Å². The first kappa shape index (κ1) is 14.8. The van der Waals surface area contributed by atoms with Gasteiger partial charge < -0.3 is 15.2 Å². The molecule has 0 bridgehead atoms. The minimum Gasteiger partial charge on any atom is -0.491 e. The summed E-state index contributed by atoms with van der Waals surface area (Å²) in [4.78, 5) is 14.9. The highest BCUT2D eigenvalue weighted by Crippen LogP contribution is 2.22. The molecule has 21 heavy (non-hydrogen) atoms. The molecule has 5 heteroatoms. The van der Waals surface area contributed by atoms with Crippen molar-refractivity contribution < 1.29 is 14.6 Å². The molecule has 2 aromatic rings. The number of nitrogens with zero attached hydrogens (tertiary/aromatic N) is 1. The van der Waals surface area contributed by atoms with Crippen LogP contribution in [-0.2, 0) is 0 Å². The van der Waals surface area contributed by atoms with Crippen LogP contribution in [0.15, 0.2) is 42.5 Å². The second-order valence-electron chi connectivity index (χ2n) is 4.70. The van der Waals surface area contributed by atoms with Crippen LogP contribution in [0.4, 0.5) is 11.5 Å². The molecule has 5 nitrogen and oxygen atoms in total. The molecule has 1 aromatic heterocycles.